The summed E-state index contributed by atoms with van der Waals surface area (Å²) in [5.41, 5.74) is 3.36. The van der Waals surface area contributed by atoms with Crippen LogP contribution in [0, 0.1) is 5.92 Å². The fourth-order valence-electron chi connectivity index (χ4n) is 3.90. The van der Waals surface area contributed by atoms with E-state index in [0.717, 1.165) is 57.8 Å². The summed E-state index contributed by atoms with van der Waals surface area (Å²) in [5.74, 6) is 0.866. The van der Waals surface area contributed by atoms with Gasteiger partial charge in [0.1, 0.15) is 15.5 Å². The van der Waals surface area contributed by atoms with Crippen molar-refractivity contribution in [3.63, 3.8) is 0 Å². The van der Waals surface area contributed by atoms with Crippen LogP contribution in [-0.2, 0) is 17.8 Å². The van der Waals surface area contributed by atoms with Crippen molar-refractivity contribution >= 4 is 43.8 Å². The molecule has 1 aliphatic carbocycles. The predicted octanol–water partition coefficient (Wildman–Crippen LogP) is 3.78. The summed E-state index contributed by atoms with van der Waals surface area (Å²) in [6, 6.07) is 2.51. The summed E-state index contributed by atoms with van der Waals surface area (Å²) < 4.78 is 1.12. The molecular formula is C21H25N5OS2. The summed E-state index contributed by atoms with van der Waals surface area (Å²) in [6.07, 6.45) is 7.69. The Hall–Kier alpha value is -1.87. The van der Waals surface area contributed by atoms with Crippen LogP contribution in [0.3, 0.4) is 0 Å². The summed E-state index contributed by atoms with van der Waals surface area (Å²) >= 11 is 3.36. The first kappa shape index (κ1) is 19.1. The summed E-state index contributed by atoms with van der Waals surface area (Å²) in [4.78, 5) is 23.0. The zero-order valence-electron chi connectivity index (χ0n) is 16.5. The number of anilines is 1. The van der Waals surface area contributed by atoms with E-state index in [2.05, 4.69) is 27.9 Å². The number of carbonyl (C=O) groups excluding carboxylic acids is 1. The van der Waals surface area contributed by atoms with E-state index in [-0.39, 0.29) is 5.91 Å². The summed E-state index contributed by atoms with van der Waals surface area (Å²) in [5, 5.41) is 12.0. The van der Waals surface area contributed by atoms with E-state index in [0.29, 0.717) is 12.5 Å². The Morgan fingerprint density at radius 3 is 3.10 bits per heavy atom. The van der Waals surface area contributed by atoms with Crippen LogP contribution in [0.1, 0.15) is 36.6 Å². The molecule has 1 atom stereocenters. The van der Waals surface area contributed by atoms with Gasteiger partial charge in [0, 0.05) is 42.2 Å². The van der Waals surface area contributed by atoms with Gasteiger partial charge in [-0.15, -0.1) is 22.7 Å². The van der Waals surface area contributed by atoms with Gasteiger partial charge in [0.05, 0.1) is 10.9 Å². The predicted molar refractivity (Wildman–Crippen MR) is 120 cm³/mol. The third-order valence-corrected chi connectivity index (χ3v) is 7.93. The first-order valence-corrected chi connectivity index (χ1v) is 11.9. The molecule has 0 saturated heterocycles. The van der Waals surface area contributed by atoms with Crippen molar-refractivity contribution in [3.05, 3.63) is 28.9 Å². The summed E-state index contributed by atoms with van der Waals surface area (Å²) in [7, 11) is 0. The molecule has 8 heteroatoms. The maximum atomic E-state index is 12.7. The van der Waals surface area contributed by atoms with Gasteiger partial charge in [0.15, 0.2) is 0 Å². The number of rotatable bonds is 7. The number of nitrogens with one attached hydrogen (secondary N) is 3. The van der Waals surface area contributed by atoms with Crippen LogP contribution in [0.4, 0.5) is 5.00 Å². The van der Waals surface area contributed by atoms with E-state index in [1.54, 1.807) is 35.1 Å². The Morgan fingerprint density at radius 1 is 1.38 bits per heavy atom. The largest absolute Gasteiger partial charge is 0.317 e. The lowest BCUT2D eigenvalue weighted by atomic mass is 10.0. The monoisotopic (exact) mass is 427 g/mol. The first-order chi connectivity index (χ1) is 14.2. The Balaban J connectivity index is 1.37. The van der Waals surface area contributed by atoms with E-state index < -0.39 is 0 Å². The number of pyridine rings is 1. The van der Waals surface area contributed by atoms with Gasteiger partial charge < -0.3 is 16.0 Å². The number of thiazole rings is 1. The second-order valence-electron chi connectivity index (χ2n) is 7.88. The third kappa shape index (κ3) is 4.07. The van der Waals surface area contributed by atoms with Crippen molar-refractivity contribution in [3.8, 4) is 10.6 Å². The molecule has 4 heterocycles. The van der Waals surface area contributed by atoms with Crippen LogP contribution < -0.4 is 16.0 Å². The second-order valence-corrected chi connectivity index (χ2v) is 10.0. The number of aromatic nitrogens is 2. The minimum Gasteiger partial charge on any atom is -0.317 e. The Morgan fingerprint density at radius 2 is 2.28 bits per heavy atom. The molecule has 1 saturated carbocycles. The Bertz CT molecular complexity index is 1010. The van der Waals surface area contributed by atoms with Gasteiger partial charge in [-0.2, -0.15) is 0 Å². The van der Waals surface area contributed by atoms with Crippen molar-refractivity contribution in [2.45, 2.75) is 45.2 Å². The Labute approximate surface area is 178 Å². The molecular weight excluding hydrogens is 402 g/mol. The molecule has 1 aliphatic heterocycles. The van der Waals surface area contributed by atoms with Crippen molar-refractivity contribution in [1.82, 2.24) is 20.6 Å². The number of amides is 1. The molecule has 5 rings (SSSR count). The van der Waals surface area contributed by atoms with Crippen molar-refractivity contribution in [2.75, 3.05) is 18.4 Å². The molecule has 0 unspecified atom stereocenters. The number of hydrogen-bond donors (Lipinski definition) is 3. The molecule has 1 fully saturated rings. The zero-order valence-corrected chi connectivity index (χ0v) is 18.1. The molecule has 3 aromatic rings. The molecule has 2 aliphatic rings. The maximum Gasteiger partial charge on any atom is 0.226 e. The fraction of sp³-hybridized carbons (Fsp3) is 0.476. The second kappa shape index (κ2) is 8.10. The normalized spacial score (nSPS) is 17.3. The number of hydrogen-bond acceptors (Lipinski definition) is 7. The van der Waals surface area contributed by atoms with Crippen LogP contribution >= 0.6 is 22.7 Å². The van der Waals surface area contributed by atoms with E-state index in [4.69, 9.17) is 4.98 Å². The van der Waals surface area contributed by atoms with Gasteiger partial charge >= 0.3 is 0 Å². The fourth-order valence-corrected chi connectivity index (χ4v) is 6.21. The zero-order chi connectivity index (χ0) is 19.8. The number of nitrogens with zero attached hydrogens (tertiary/aromatic N) is 2. The van der Waals surface area contributed by atoms with Gasteiger partial charge in [0.2, 0.25) is 5.91 Å². The molecule has 3 aromatic heterocycles. The van der Waals surface area contributed by atoms with Crippen molar-refractivity contribution < 1.29 is 4.79 Å². The average Bonchev–Trinajstić information content (AvgIpc) is 3.39. The van der Waals surface area contributed by atoms with Gasteiger partial charge in [-0.05, 0) is 50.3 Å². The van der Waals surface area contributed by atoms with Gasteiger partial charge in [-0.25, -0.2) is 4.98 Å². The molecule has 29 heavy (non-hydrogen) atoms. The molecule has 0 bridgehead atoms. The molecule has 152 valence electrons. The minimum absolute atomic E-state index is 0.0658. The van der Waals surface area contributed by atoms with Crippen molar-refractivity contribution in [2.24, 2.45) is 5.92 Å². The average molecular weight is 428 g/mol. The van der Waals surface area contributed by atoms with Crippen molar-refractivity contribution in [1.29, 1.82) is 0 Å². The standard InChI is InChI=1S/C21H25N5OS2/c1-12(13-2-3-13)24-9-6-18(27)26-21-19(14-4-7-23-11-17(14)29-21)20-25-15-10-22-8-5-16(15)28-20/h5,8,10,12-13,23-24H,2-4,6-7,9,11H2,1H3,(H,26,27)/t12-/m0/s1. The molecule has 6 nitrogen and oxygen atoms in total. The Kier molecular flexibility index (Phi) is 5.34. The lowest BCUT2D eigenvalue weighted by Gasteiger charge is -2.13. The lowest BCUT2D eigenvalue weighted by Crippen LogP contribution is -2.31. The lowest BCUT2D eigenvalue weighted by molar-refractivity contribution is -0.116. The number of carbonyl (C=O) groups is 1. The highest BCUT2D eigenvalue weighted by molar-refractivity contribution is 7.22. The quantitative estimate of drug-likeness (QED) is 0.535. The van der Waals surface area contributed by atoms with Gasteiger partial charge in [0.25, 0.3) is 0 Å². The van der Waals surface area contributed by atoms with E-state index in [1.165, 1.54) is 23.3 Å². The summed E-state index contributed by atoms with van der Waals surface area (Å²) in [6.45, 7) is 4.75. The highest BCUT2D eigenvalue weighted by atomic mass is 32.1. The topological polar surface area (TPSA) is 78.9 Å². The van der Waals surface area contributed by atoms with Crippen LogP contribution in [0.2, 0.25) is 0 Å². The molecule has 1 amide bonds. The number of fused-ring (bicyclic) bond motifs is 2. The first-order valence-electron chi connectivity index (χ1n) is 10.3. The highest BCUT2D eigenvalue weighted by Crippen LogP contribution is 2.44. The maximum absolute atomic E-state index is 12.7. The van der Waals surface area contributed by atoms with E-state index >= 15 is 0 Å². The van der Waals surface area contributed by atoms with Crippen LogP contribution in [-0.4, -0.2) is 35.0 Å². The van der Waals surface area contributed by atoms with E-state index in [1.807, 2.05) is 6.07 Å². The van der Waals surface area contributed by atoms with Gasteiger partial charge in [-0.3, -0.25) is 9.78 Å². The molecule has 0 aromatic carbocycles. The highest BCUT2D eigenvalue weighted by Gasteiger charge is 2.28. The molecule has 3 N–H and O–H groups in total. The number of thiophene rings is 1. The van der Waals surface area contributed by atoms with E-state index in [9.17, 15) is 4.79 Å². The molecule has 0 radical (unpaired) electrons. The van der Waals surface area contributed by atoms with Crippen LogP contribution in [0.25, 0.3) is 20.8 Å². The third-order valence-electron chi connectivity index (χ3n) is 5.73. The molecule has 0 spiro atoms. The van der Waals surface area contributed by atoms with Crippen LogP contribution in [0.5, 0.6) is 0 Å². The smallest absolute Gasteiger partial charge is 0.226 e. The van der Waals surface area contributed by atoms with Gasteiger partial charge in [-0.1, -0.05) is 0 Å². The van der Waals surface area contributed by atoms with Crippen LogP contribution in [0.15, 0.2) is 18.5 Å². The SMILES string of the molecule is C[C@H](NCCC(=O)Nc1sc2c(c1-c1nc3cnccc3s1)CCNC2)C1CC1. The minimum atomic E-state index is 0.0658.